The van der Waals surface area contributed by atoms with Gasteiger partial charge in [-0.2, -0.15) is 0 Å². The van der Waals surface area contributed by atoms with Crippen LogP contribution in [0.5, 0.6) is 0 Å². The van der Waals surface area contributed by atoms with E-state index in [9.17, 15) is 9.90 Å². The van der Waals surface area contributed by atoms with Crippen LogP contribution >= 0.6 is 0 Å². The van der Waals surface area contributed by atoms with Crippen molar-refractivity contribution in [1.29, 1.82) is 0 Å². The van der Waals surface area contributed by atoms with Crippen molar-refractivity contribution in [1.82, 2.24) is 10.2 Å². The number of carbonyl (C=O) groups is 1. The molecule has 3 fully saturated rings. The Balaban J connectivity index is 1.68. The predicted octanol–water partition coefficient (Wildman–Crippen LogP) is -0.121. The molecular weight excluding hydrogens is 232 g/mol. The fraction of sp³-hybridized carbons (Fsp3) is 0.923. The number of aliphatic hydroxyl groups is 1. The molecule has 0 spiro atoms. The number of ether oxygens (including phenoxy) is 1. The number of nitrogens with one attached hydrogen (secondary N) is 1. The molecule has 1 saturated carbocycles. The maximum absolute atomic E-state index is 12.5. The SMILES string of the molecule is O=C(C1CC(O)CN1)N1CCOC2CCCCC21. The van der Waals surface area contributed by atoms with E-state index < -0.39 is 0 Å². The normalized spacial score (nSPS) is 40.6. The van der Waals surface area contributed by atoms with Gasteiger partial charge in [0, 0.05) is 13.1 Å². The summed E-state index contributed by atoms with van der Waals surface area (Å²) < 4.78 is 5.78. The standard InChI is InChI=1S/C13H22N2O3/c16-9-7-10(14-8-9)13(17)15-5-6-18-12-4-2-1-3-11(12)15/h9-12,14,16H,1-8H2. The zero-order chi connectivity index (χ0) is 12.5. The molecule has 3 aliphatic rings. The van der Waals surface area contributed by atoms with Crippen LogP contribution in [0.15, 0.2) is 0 Å². The first kappa shape index (κ1) is 12.4. The predicted molar refractivity (Wildman–Crippen MR) is 66.1 cm³/mol. The van der Waals surface area contributed by atoms with E-state index in [1.807, 2.05) is 4.90 Å². The average molecular weight is 254 g/mol. The number of hydrogen-bond donors (Lipinski definition) is 2. The third kappa shape index (κ3) is 2.27. The first-order valence-corrected chi connectivity index (χ1v) is 7.09. The first-order valence-electron chi connectivity index (χ1n) is 7.09. The van der Waals surface area contributed by atoms with Gasteiger partial charge in [-0.25, -0.2) is 0 Å². The molecule has 0 aromatic carbocycles. The van der Waals surface area contributed by atoms with Gasteiger partial charge in [0.25, 0.3) is 0 Å². The van der Waals surface area contributed by atoms with Gasteiger partial charge in [0.1, 0.15) is 0 Å². The van der Waals surface area contributed by atoms with Crippen molar-refractivity contribution in [2.45, 2.75) is 56.4 Å². The van der Waals surface area contributed by atoms with Crippen LogP contribution < -0.4 is 5.32 Å². The Bertz CT molecular complexity index is 321. The van der Waals surface area contributed by atoms with E-state index in [0.717, 1.165) is 12.8 Å². The number of aliphatic hydroxyl groups excluding tert-OH is 1. The van der Waals surface area contributed by atoms with E-state index in [1.165, 1.54) is 12.8 Å². The molecule has 0 radical (unpaired) electrons. The minimum Gasteiger partial charge on any atom is -0.392 e. The molecule has 0 bridgehead atoms. The summed E-state index contributed by atoms with van der Waals surface area (Å²) in [6.07, 6.45) is 4.96. The van der Waals surface area contributed by atoms with Gasteiger partial charge in [0.05, 0.1) is 30.9 Å². The molecule has 2 heterocycles. The van der Waals surface area contributed by atoms with Crippen LogP contribution in [0.1, 0.15) is 32.1 Å². The number of β-amino-alcohol motifs (C(OH)–C–C–N with tert-alkyl or cyclic N) is 1. The lowest BCUT2D eigenvalue weighted by Gasteiger charge is -2.44. The Morgan fingerprint density at radius 3 is 2.94 bits per heavy atom. The number of fused-ring (bicyclic) bond motifs is 1. The summed E-state index contributed by atoms with van der Waals surface area (Å²) in [5, 5.41) is 12.6. The zero-order valence-corrected chi connectivity index (χ0v) is 10.7. The van der Waals surface area contributed by atoms with Crippen LogP contribution in [0.2, 0.25) is 0 Å². The van der Waals surface area contributed by atoms with Crippen LogP contribution in [0.4, 0.5) is 0 Å². The van der Waals surface area contributed by atoms with Crippen molar-refractivity contribution in [3.05, 3.63) is 0 Å². The van der Waals surface area contributed by atoms with Crippen LogP contribution in [-0.4, -0.2) is 59.9 Å². The zero-order valence-electron chi connectivity index (χ0n) is 10.7. The van der Waals surface area contributed by atoms with Gasteiger partial charge < -0.3 is 20.1 Å². The van der Waals surface area contributed by atoms with Gasteiger partial charge >= 0.3 is 0 Å². The van der Waals surface area contributed by atoms with Crippen LogP contribution in [-0.2, 0) is 9.53 Å². The van der Waals surface area contributed by atoms with Crippen LogP contribution in [0.3, 0.4) is 0 Å². The smallest absolute Gasteiger partial charge is 0.240 e. The highest BCUT2D eigenvalue weighted by Crippen LogP contribution is 2.29. The van der Waals surface area contributed by atoms with Crippen molar-refractivity contribution < 1.29 is 14.6 Å². The van der Waals surface area contributed by atoms with E-state index in [0.29, 0.717) is 26.1 Å². The Morgan fingerprint density at radius 2 is 2.17 bits per heavy atom. The summed E-state index contributed by atoms with van der Waals surface area (Å²) in [6, 6.07) is 0.0696. The molecule has 0 aromatic heterocycles. The maximum Gasteiger partial charge on any atom is 0.240 e. The molecule has 2 saturated heterocycles. The monoisotopic (exact) mass is 254 g/mol. The van der Waals surface area contributed by atoms with E-state index in [4.69, 9.17) is 4.74 Å². The molecular formula is C13H22N2O3. The molecule has 2 N–H and O–H groups in total. The van der Waals surface area contributed by atoms with Crippen LogP contribution in [0.25, 0.3) is 0 Å². The van der Waals surface area contributed by atoms with Gasteiger partial charge in [0.2, 0.25) is 5.91 Å². The molecule has 4 unspecified atom stereocenters. The number of amides is 1. The Hall–Kier alpha value is -0.650. The second-order valence-electron chi connectivity index (χ2n) is 5.64. The van der Waals surface area contributed by atoms with Gasteiger partial charge in [-0.05, 0) is 19.3 Å². The Labute approximate surface area is 107 Å². The molecule has 0 aromatic rings. The Morgan fingerprint density at radius 1 is 1.33 bits per heavy atom. The molecule has 2 aliphatic heterocycles. The lowest BCUT2D eigenvalue weighted by atomic mass is 9.89. The summed E-state index contributed by atoms with van der Waals surface area (Å²) in [5.74, 6) is 0.159. The highest BCUT2D eigenvalue weighted by molar-refractivity contribution is 5.82. The minimum absolute atomic E-state index is 0.159. The second-order valence-corrected chi connectivity index (χ2v) is 5.64. The fourth-order valence-corrected chi connectivity index (χ4v) is 3.48. The second kappa shape index (κ2) is 5.15. The summed E-state index contributed by atoms with van der Waals surface area (Å²) in [7, 11) is 0. The summed E-state index contributed by atoms with van der Waals surface area (Å²) in [6.45, 7) is 1.89. The van der Waals surface area contributed by atoms with Crippen molar-refractivity contribution in [3.8, 4) is 0 Å². The van der Waals surface area contributed by atoms with Gasteiger partial charge in [-0.1, -0.05) is 12.8 Å². The summed E-state index contributed by atoms with van der Waals surface area (Å²) >= 11 is 0. The van der Waals surface area contributed by atoms with E-state index >= 15 is 0 Å². The maximum atomic E-state index is 12.5. The van der Waals surface area contributed by atoms with Crippen molar-refractivity contribution in [3.63, 3.8) is 0 Å². The van der Waals surface area contributed by atoms with Crippen molar-refractivity contribution in [2.75, 3.05) is 19.7 Å². The molecule has 1 amide bonds. The lowest BCUT2D eigenvalue weighted by Crippen LogP contribution is -2.58. The lowest BCUT2D eigenvalue weighted by molar-refractivity contribution is -0.151. The largest absolute Gasteiger partial charge is 0.392 e. The fourth-order valence-electron chi connectivity index (χ4n) is 3.48. The number of hydrogen-bond acceptors (Lipinski definition) is 4. The topological polar surface area (TPSA) is 61.8 Å². The number of carbonyl (C=O) groups excluding carboxylic acids is 1. The van der Waals surface area contributed by atoms with Crippen molar-refractivity contribution >= 4 is 5.91 Å². The Kier molecular flexibility index (Phi) is 3.54. The van der Waals surface area contributed by atoms with Gasteiger partial charge in [-0.15, -0.1) is 0 Å². The summed E-state index contributed by atoms with van der Waals surface area (Å²) in [4.78, 5) is 14.5. The quantitative estimate of drug-likeness (QED) is 0.685. The number of nitrogens with zero attached hydrogens (tertiary/aromatic N) is 1. The van der Waals surface area contributed by atoms with E-state index in [2.05, 4.69) is 5.32 Å². The highest BCUT2D eigenvalue weighted by atomic mass is 16.5. The average Bonchev–Trinajstić information content (AvgIpc) is 2.84. The molecule has 1 aliphatic carbocycles. The first-order chi connectivity index (χ1) is 8.75. The molecule has 5 nitrogen and oxygen atoms in total. The minimum atomic E-state index is -0.373. The molecule has 5 heteroatoms. The molecule has 102 valence electrons. The molecule has 4 atom stereocenters. The number of morpholine rings is 1. The van der Waals surface area contributed by atoms with Crippen molar-refractivity contribution in [2.24, 2.45) is 0 Å². The summed E-state index contributed by atoms with van der Waals surface area (Å²) in [5.41, 5.74) is 0. The molecule has 18 heavy (non-hydrogen) atoms. The van der Waals surface area contributed by atoms with E-state index in [-0.39, 0.29) is 30.2 Å². The van der Waals surface area contributed by atoms with Gasteiger partial charge in [0.15, 0.2) is 0 Å². The van der Waals surface area contributed by atoms with E-state index in [1.54, 1.807) is 0 Å². The third-order valence-electron chi connectivity index (χ3n) is 4.42. The third-order valence-corrected chi connectivity index (χ3v) is 4.42. The highest BCUT2D eigenvalue weighted by Gasteiger charge is 2.40. The number of rotatable bonds is 1. The van der Waals surface area contributed by atoms with Crippen LogP contribution in [0, 0.1) is 0 Å². The van der Waals surface area contributed by atoms with Gasteiger partial charge in [-0.3, -0.25) is 4.79 Å². The molecule has 3 rings (SSSR count).